The molecule has 2 heterocycles. The van der Waals surface area contributed by atoms with Crippen LogP contribution in [-0.4, -0.2) is 29.9 Å². The van der Waals surface area contributed by atoms with Crippen LogP contribution in [0.5, 0.6) is 0 Å². The highest BCUT2D eigenvalue weighted by atomic mass is 32.1. The van der Waals surface area contributed by atoms with Crippen LogP contribution in [0.3, 0.4) is 0 Å². The number of aryl methyl sites for hydroxylation is 1. The molecule has 0 radical (unpaired) electrons. The first-order chi connectivity index (χ1) is 13.4. The van der Waals surface area contributed by atoms with Gasteiger partial charge in [0.15, 0.2) is 5.78 Å². The van der Waals surface area contributed by atoms with E-state index >= 15 is 0 Å². The minimum Gasteiger partial charge on any atom is -0.465 e. The van der Waals surface area contributed by atoms with Crippen molar-refractivity contribution in [3.05, 3.63) is 80.8 Å². The second kappa shape index (κ2) is 8.54. The molecule has 0 aliphatic heterocycles. The largest absolute Gasteiger partial charge is 0.465 e. The van der Waals surface area contributed by atoms with E-state index in [4.69, 9.17) is 4.74 Å². The van der Waals surface area contributed by atoms with E-state index in [1.54, 1.807) is 25.2 Å². The third kappa shape index (κ3) is 3.93. The number of aromatic amines is 1. The lowest BCUT2D eigenvalue weighted by Gasteiger charge is -2.22. The summed E-state index contributed by atoms with van der Waals surface area (Å²) in [7, 11) is 1.34. The number of aromatic nitrogens is 1. The molecule has 2 atom stereocenters. The molecule has 28 heavy (non-hydrogen) atoms. The quantitative estimate of drug-likeness (QED) is 0.458. The van der Waals surface area contributed by atoms with Crippen molar-refractivity contribution in [3.8, 4) is 0 Å². The summed E-state index contributed by atoms with van der Waals surface area (Å²) >= 11 is 1.65. The number of thiophene rings is 1. The third-order valence-corrected chi connectivity index (χ3v) is 5.78. The first kappa shape index (κ1) is 20.0. The molecule has 146 valence electrons. The summed E-state index contributed by atoms with van der Waals surface area (Å²) in [5.41, 5.74) is 3.22. The van der Waals surface area contributed by atoms with Crippen molar-refractivity contribution in [2.24, 2.45) is 0 Å². The summed E-state index contributed by atoms with van der Waals surface area (Å²) in [4.78, 5) is 29.4. The second-order valence-electron chi connectivity index (χ2n) is 6.73. The molecule has 0 saturated heterocycles. The molecule has 0 saturated carbocycles. The first-order valence-electron chi connectivity index (χ1n) is 9.10. The van der Waals surface area contributed by atoms with Gasteiger partial charge in [0.2, 0.25) is 0 Å². The van der Waals surface area contributed by atoms with E-state index in [-0.39, 0.29) is 11.8 Å². The van der Waals surface area contributed by atoms with Crippen LogP contribution in [0.25, 0.3) is 0 Å². The summed E-state index contributed by atoms with van der Waals surface area (Å²) in [5, 5.41) is 5.49. The van der Waals surface area contributed by atoms with Gasteiger partial charge in [-0.15, -0.1) is 11.3 Å². The van der Waals surface area contributed by atoms with E-state index in [1.165, 1.54) is 7.11 Å². The lowest BCUT2D eigenvalue weighted by molar-refractivity contribution is 0.0599. The van der Waals surface area contributed by atoms with Crippen LogP contribution in [-0.2, 0) is 4.74 Å². The van der Waals surface area contributed by atoms with Gasteiger partial charge < -0.3 is 9.72 Å². The van der Waals surface area contributed by atoms with E-state index < -0.39 is 12.0 Å². The summed E-state index contributed by atoms with van der Waals surface area (Å²) in [6.45, 7) is 5.38. The maximum Gasteiger partial charge on any atom is 0.339 e. The molecule has 0 spiro atoms. The monoisotopic (exact) mass is 396 g/mol. The smallest absolute Gasteiger partial charge is 0.339 e. The predicted molar refractivity (Wildman–Crippen MR) is 111 cm³/mol. The number of ether oxygens (including phenoxy) is 1. The number of methoxy groups -OCH3 is 1. The number of carbonyl (C=O) groups is 2. The number of nitrogens with one attached hydrogen (secondary N) is 2. The van der Waals surface area contributed by atoms with Gasteiger partial charge >= 0.3 is 5.97 Å². The highest BCUT2D eigenvalue weighted by molar-refractivity contribution is 7.10. The van der Waals surface area contributed by atoms with Crippen LogP contribution in [0.15, 0.2) is 47.8 Å². The molecule has 5 nitrogen and oxygen atoms in total. The van der Waals surface area contributed by atoms with Gasteiger partial charge in [0.05, 0.1) is 30.5 Å². The molecule has 0 amide bonds. The van der Waals surface area contributed by atoms with Crippen molar-refractivity contribution in [1.29, 1.82) is 0 Å². The van der Waals surface area contributed by atoms with Gasteiger partial charge in [0, 0.05) is 10.6 Å². The molecule has 3 aromatic rings. The van der Waals surface area contributed by atoms with Gasteiger partial charge in [-0.05, 0) is 43.3 Å². The van der Waals surface area contributed by atoms with Gasteiger partial charge in [-0.1, -0.05) is 36.4 Å². The Morgan fingerprint density at radius 3 is 2.43 bits per heavy atom. The molecule has 2 aromatic heterocycles. The minimum atomic E-state index is -0.449. The molecular weight excluding hydrogens is 372 g/mol. The molecule has 0 aliphatic rings. The average molecular weight is 397 g/mol. The van der Waals surface area contributed by atoms with Crippen molar-refractivity contribution in [2.45, 2.75) is 32.9 Å². The van der Waals surface area contributed by atoms with E-state index in [9.17, 15) is 9.59 Å². The zero-order valence-electron chi connectivity index (χ0n) is 16.4. The van der Waals surface area contributed by atoms with Gasteiger partial charge in [-0.3, -0.25) is 10.1 Å². The predicted octanol–water partition coefficient (Wildman–Crippen LogP) is 4.43. The fourth-order valence-electron chi connectivity index (χ4n) is 3.39. The Bertz CT molecular complexity index is 961. The number of carbonyl (C=O) groups excluding carboxylic acids is 2. The van der Waals surface area contributed by atoms with Crippen molar-refractivity contribution in [1.82, 2.24) is 10.3 Å². The molecular formula is C22H24N2O3S. The fraction of sp³-hybridized carbons (Fsp3) is 0.273. The lowest BCUT2D eigenvalue weighted by atomic mass is 10.0. The van der Waals surface area contributed by atoms with Crippen LogP contribution in [0.2, 0.25) is 0 Å². The molecule has 1 aromatic carbocycles. The number of hydrogen-bond acceptors (Lipinski definition) is 5. The Morgan fingerprint density at radius 1 is 1.11 bits per heavy atom. The average Bonchev–Trinajstić information content (AvgIpc) is 3.33. The van der Waals surface area contributed by atoms with Crippen LogP contribution in [0.1, 0.15) is 55.5 Å². The highest BCUT2D eigenvalue weighted by Gasteiger charge is 2.27. The maximum atomic E-state index is 13.1. The highest BCUT2D eigenvalue weighted by Crippen LogP contribution is 2.27. The third-order valence-electron chi connectivity index (χ3n) is 4.84. The lowest BCUT2D eigenvalue weighted by Crippen LogP contribution is -2.37. The Labute approximate surface area is 168 Å². The van der Waals surface area contributed by atoms with Crippen molar-refractivity contribution in [3.63, 3.8) is 0 Å². The van der Waals surface area contributed by atoms with E-state index in [0.717, 1.165) is 10.4 Å². The van der Waals surface area contributed by atoms with E-state index in [2.05, 4.69) is 16.4 Å². The molecule has 0 fully saturated rings. The van der Waals surface area contributed by atoms with Crippen molar-refractivity contribution < 1.29 is 14.3 Å². The number of hydrogen-bond donors (Lipinski definition) is 2. The SMILES string of the molecule is COC(=O)c1c(C)[nH]c(C(=O)[C@@H](C)N[C@H](c2ccccc2)c2cccs2)c1C. The summed E-state index contributed by atoms with van der Waals surface area (Å²) in [6.07, 6.45) is 0. The fourth-order valence-corrected chi connectivity index (χ4v) is 4.20. The number of Topliss-reactive ketones (excluding diaryl/α,β-unsaturated/α-hetero) is 1. The Balaban J connectivity index is 1.88. The van der Waals surface area contributed by atoms with E-state index in [0.29, 0.717) is 22.5 Å². The molecule has 2 N–H and O–H groups in total. The Hall–Kier alpha value is -2.70. The zero-order valence-corrected chi connectivity index (χ0v) is 17.2. The normalized spacial score (nSPS) is 13.1. The number of rotatable bonds is 7. The molecule has 0 unspecified atom stereocenters. The van der Waals surface area contributed by atoms with Gasteiger partial charge in [0.1, 0.15) is 0 Å². The van der Waals surface area contributed by atoms with E-state index in [1.807, 2.05) is 48.7 Å². The molecule has 0 bridgehead atoms. The van der Waals surface area contributed by atoms with Crippen molar-refractivity contribution >= 4 is 23.1 Å². The Morgan fingerprint density at radius 2 is 1.82 bits per heavy atom. The Kier molecular flexibility index (Phi) is 6.11. The summed E-state index contributed by atoms with van der Waals surface area (Å²) in [5.74, 6) is -0.528. The van der Waals surface area contributed by atoms with Gasteiger partial charge in [0.25, 0.3) is 0 Å². The van der Waals surface area contributed by atoms with Gasteiger partial charge in [-0.2, -0.15) is 0 Å². The van der Waals surface area contributed by atoms with Gasteiger partial charge in [-0.25, -0.2) is 4.79 Å². The summed E-state index contributed by atoms with van der Waals surface area (Å²) < 4.78 is 4.84. The molecule has 3 rings (SSSR count). The van der Waals surface area contributed by atoms with Crippen LogP contribution >= 0.6 is 11.3 Å². The number of ketones is 1. The standard InChI is InChI=1S/C22H24N2O3S/c1-13-18(22(26)27-4)14(2)23-19(13)21(25)15(3)24-20(17-11-8-12-28-17)16-9-6-5-7-10-16/h5-12,15,20,23-24H,1-4H3/t15-,20-/m1/s1. The topological polar surface area (TPSA) is 71.2 Å². The zero-order chi connectivity index (χ0) is 20.3. The number of benzene rings is 1. The van der Waals surface area contributed by atoms with Crippen LogP contribution in [0, 0.1) is 13.8 Å². The molecule has 6 heteroatoms. The first-order valence-corrected chi connectivity index (χ1v) is 9.98. The molecule has 0 aliphatic carbocycles. The van der Waals surface area contributed by atoms with Crippen LogP contribution in [0.4, 0.5) is 0 Å². The maximum absolute atomic E-state index is 13.1. The van der Waals surface area contributed by atoms with Crippen molar-refractivity contribution in [2.75, 3.05) is 7.11 Å². The minimum absolute atomic E-state index is 0.0865. The number of H-pyrrole nitrogens is 1. The summed E-state index contributed by atoms with van der Waals surface area (Å²) in [6, 6.07) is 13.6. The second-order valence-corrected chi connectivity index (χ2v) is 7.71. The van der Waals surface area contributed by atoms with Crippen LogP contribution < -0.4 is 5.32 Å². The number of esters is 1.